The van der Waals surface area contributed by atoms with Gasteiger partial charge in [0.25, 0.3) is 0 Å². The zero-order valence-electron chi connectivity index (χ0n) is 15.2. The van der Waals surface area contributed by atoms with E-state index < -0.39 is 0 Å². The Morgan fingerprint density at radius 1 is 1.15 bits per heavy atom. The molecule has 1 aliphatic rings. The Morgan fingerprint density at radius 2 is 1.93 bits per heavy atom. The Morgan fingerprint density at radius 3 is 2.59 bits per heavy atom. The lowest BCUT2D eigenvalue weighted by atomic mass is 10.1. The average molecular weight is 386 g/mol. The molecule has 4 rings (SSSR count). The first kappa shape index (κ1) is 18.1. The second-order valence-corrected chi connectivity index (χ2v) is 7.31. The predicted molar refractivity (Wildman–Crippen MR) is 103 cm³/mol. The van der Waals surface area contributed by atoms with Crippen molar-refractivity contribution in [3.8, 4) is 11.4 Å². The number of aromatic nitrogens is 2. The van der Waals surface area contributed by atoms with E-state index in [4.69, 9.17) is 16.1 Å². The van der Waals surface area contributed by atoms with Gasteiger partial charge in [-0.2, -0.15) is 4.98 Å². The van der Waals surface area contributed by atoms with E-state index in [1.54, 1.807) is 12.1 Å². The molecule has 6 heteroatoms. The maximum absolute atomic E-state index is 14.2. The Kier molecular flexibility index (Phi) is 5.23. The molecule has 0 aliphatic heterocycles. The highest BCUT2D eigenvalue weighted by molar-refractivity contribution is 6.31. The van der Waals surface area contributed by atoms with Crippen molar-refractivity contribution in [2.45, 2.75) is 45.3 Å². The van der Waals surface area contributed by atoms with Gasteiger partial charge in [-0.1, -0.05) is 54.0 Å². The first-order chi connectivity index (χ1) is 13.1. The third kappa shape index (κ3) is 4.20. The number of rotatable bonds is 7. The summed E-state index contributed by atoms with van der Waals surface area (Å²) in [5.74, 6) is 0.826. The molecule has 0 bridgehead atoms. The van der Waals surface area contributed by atoms with Gasteiger partial charge in [0.05, 0.1) is 6.54 Å². The van der Waals surface area contributed by atoms with E-state index in [0.29, 0.717) is 41.4 Å². The number of hydrogen-bond donors (Lipinski definition) is 0. The van der Waals surface area contributed by atoms with E-state index in [1.165, 1.54) is 11.6 Å². The molecule has 3 aromatic rings. The zero-order valence-corrected chi connectivity index (χ0v) is 15.9. The lowest BCUT2D eigenvalue weighted by Gasteiger charge is -2.20. The maximum Gasteiger partial charge on any atom is 0.241 e. The second kappa shape index (κ2) is 7.79. The Labute approximate surface area is 163 Å². The first-order valence-electron chi connectivity index (χ1n) is 9.23. The first-order valence-corrected chi connectivity index (χ1v) is 9.60. The van der Waals surface area contributed by atoms with Crippen LogP contribution in [0, 0.1) is 5.82 Å². The van der Waals surface area contributed by atoms with Crippen LogP contribution >= 0.6 is 11.6 Å². The molecule has 0 N–H and O–H groups in total. The van der Waals surface area contributed by atoms with Gasteiger partial charge in [0.2, 0.25) is 11.7 Å². The van der Waals surface area contributed by atoms with Gasteiger partial charge in [-0.25, -0.2) is 4.39 Å². The van der Waals surface area contributed by atoms with Gasteiger partial charge in [0.15, 0.2) is 0 Å². The van der Waals surface area contributed by atoms with Crippen molar-refractivity contribution in [3.05, 3.63) is 70.3 Å². The van der Waals surface area contributed by atoms with Crippen LogP contribution in [0.2, 0.25) is 5.02 Å². The number of benzene rings is 2. The Bertz CT molecular complexity index is 901. The number of aryl methyl sites for hydroxylation is 1. The lowest BCUT2D eigenvalue weighted by Crippen LogP contribution is -2.26. The largest absolute Gasteiger partial charge is 0.338 e. The van der Waals surface area contributed by atoms with Gasteiger partial charge >= 0.3 is 0 Å². The predicted octanol–water partition coefficient (Wildman–Crippen LogP) is 5.26. The van der Waals surface area contributed by atoms with Gasteiger partial charge in [-0.3, -0.25) is 4.90 Å². The quantitative estimate of drug-likeness (QED) is 0.556. The summed E-state index contributed by atoms with van der Waals surface area (Å²) in [5, 5.41) is 4.55. The summed E-state index contributed by atoms with van der Waals surface area (Å²) in [5.41, 5.74) is 2.71. The topological polar surface area (TPSA) is 42.2 Å². The van der Waals surface area contributed by atoms with Crippen LogP contribution in [0.4, 0.5) is 4.39 Å². The van der Waals surface area contributed by atoms with Crippen LogP contribution < -0.4 is 0 Å². The molecule has 140 valence electrons. The van der Waals surface area contributed by atoms with Crippen LogP contribution in [0.25, 0.3) is 11.4 Å². The SMILES string of the molecule is CCc1ccc(-c2noc(CN(Cc3c(F)cccc3Cl)C3CC3)n2)cc1. The van der Waals surface area contributed by atoms with E-state index >= 15 is 0 Å². The Hall–Kier alpha value is -2.24. The second-order valence-electron chi connectivity index (χ2n) is 6.90. The van der Waals surface area contributed by atoms with Crippen LogP contribution in [-0.2, 0) is 19.5 Å². The van der Waals surface area contributed by atoms with Gasteiger partial charge in [-0.15, -0.1) is 0 Å². The van der Waals surface area contributed by atoms with Crippen molar-refractivity contribution in [3.63, 3.8) is 0 Å². The molecule has 0 atom stereocenters. The molecule has 0 radical (unpaired) electrons. The molecule has 1 saturated carbocycles. The van der Waals surface area contributed by atoms with E-state index in [2.05, 4.69) is 34.1 Å². The highest BCUT2D eigenvalue weighted by atomic mass is 35.5. The average Bonchev–Trinajstić information content (AvgIpc) is 3.43. The van der Waals surface area contributed by atoms with Crippen molar-refractivity contribution in [1.29, 1.82) is 0 Å². The molecule has 1 fully saturated rings. The number of nitrogens with zero attached hydrogens (tertiary/aromatic N) is 3. The summed E-state index contributed by atoms with van der Waals surface area (Å²) >= 11 is 6.19. The van der Waals surface area contributed by atoms with Crippen LogP contribution in [0.15, 0.2) is 47.0 Å². The fourth-order valence-electron chi connectivity index (χ4n) is 3.14. The molecule has 0 unspecified atom stereocenters. The molecule has 27 heavy (non-hydrogen) atoms. The van der Waals surface area contributed by atoms with Crippen molar-refractivity contribution >= 4 is 11.6 Å². The zero-order chi connectivity index (χ0) is 18.8. The van der Waals surface area contributed by atoms with Gasteiger partial charge < -0.3 is 4.52 Å². The normalized spacial score (nSPS) is 14.1. The number of halogens is 2. The highest BCUT2D eigenvalue weighted by Gasteiger charge is 2.31. The number of hydrogen-bond acceptors (Lipinski definition) is 4. The van der Waals surface area contributed by atoms with E-state index in [-0.39, 0.29) is 5.82 Å². The fourth-order valence-corrected chi connectivity index (χ4v) is 3.36. The molecular weight excluding hydrogens is 365 g/mol. The monoisotopic (exact) mass is 385 g/mol. The molecule has 0 saturated heterocycles. The molecule has 1 aliphatic carbocycles. The fraction of sp³-hybridized carbons (Fsp3) is 0.333. The third-order valence-corrected chi connectivity index (χ3v) is 5.27. The van der Waals surface area contributed by atoms with Crippen LogP contribution in [0.1, 0.15) is 36.8 Å². The minimum Gasteiger partial charge on any atom is -0.338 e. The summed E-state index contributed by atoms with van der Waals surface area (Å²) in [7, 11) is 0. The van der Waals surface area contributed by atoms with E-state index in [0.717, 1.165) is 24.8 Å². The van der Waals surface area contributed by atoms with Gasteiger partial charge in [-0.05, 0) is 37.0 Å². The maximum atomic E-state index is 14.2. The Balaban J connectivity index is 1.50. The summed E-state index contributed by atoms with van der Waals surface area (Å²) in [4.78, 5) is 6.68. The summed E-state index contributed by atoms with van der Waals surface area (Å²) in [6.45, 7) is 3.03. The molecule has 1 aromatic heterocycles. The van der Waals surface area contributed by atoms with Crippen molar-refractivity contribution < 1.29 is 8.91 Å². The molecule has 0 amide bonds. The molecule has 2 aromatic carbocycles. The summed E-state index contributed by atoms with van der Waals surface area (Å²) < 4.78 is 19.6. The smallest absolute Gasteiger partial charge is 0.241 e. The molecule has 0 spiro atoms. The highest BCUT2D eigenvalue weighted by Crippen LogP contribution is 2.32. The van der Waals surface area contributed by atoms with E-state index in [1.807, 2.05) is 12.1 Å². The minimum atomic E-state index is -0.282. The van der Waals surface area contributed by atoms with Crippen molar-refractivity contribution in [2.24, 2.45) is 0 Å². The lowest BCUT2D eigenvalue weighted by molar-refractivity contribution is 0.207. The molecule has 1 heterocycles. The van der Waals surface area contributed by atoms with Crippen LogP contribution in [0.5, 0.6) is 0 Å². The van der Waals surface area contributed by atoms with E-state index in [9.17, 15) is 4.39 Å². The van der Waals surface area contributed by atoms with Crippen LogP contribution in [-0.4, -0.2) is 21.1 Å². The minimum absolute atomic E-state index is 0.282. The van der Waals surface area contributed by atoms with Crippen molar-refractivity contribution in [2.75, 3.05) is 0 Å². The van der Waals surface area contributed by atoms with Crippen LogP contribution in [0.3, 0.4) is 0 Å². The molecular formula is C21H21ClFN3O. The standard InChI is InChI=1S/C21H21ClFN3O/c1-2-14-6-8-15(9-7-14)21-24-20(27-25-21)13-26(16-10-11-16)12-17-18(22)4-3-5-19(17)23/h3-9,16H,2,10-13H2,1H3. The summed E-state index contributed by atoms with van der Waals surface area (Å²) in [6.07, 6.45) is 3.17. The summed E-state index contributed by atoms with van der Waals surface area (Å²) in [6, 6.07) is 13.3. The molecule has 4 nitrogen and oxygen atoms in total. The van der Waals surface area contributed by atoms with Crippen molar-refractivity contribution in [1.82, 2.24) is 15.0 Å². The third-order valence-electron chi connectivity index (χ3n) is 4.91. The van der Waals surface area contributed by atoms with Gasteiger partial charge in [0, 0.05) is 28.7 Å². The van der Waals surface area contributed by atoms with Gasteiger partial charge in [0.1, 0.15) is 5.82 Å².